The van der Waals surface area contributed by atoms with Gasteiger partial charge in [0.1, 0.15) is 0 Å². The molecule has 0 unspecified atom stereocenters. The molecule has 6 nitrogen and oxygen atoms in total. The first-order chi connectivity index (χ1) is 6.52. The Labute approximate surface area is 89.2 Å². The van der Waals surface area contributed by atoms with Crippen LogP contribution in [0.3, 0.4) is 0 Å². The van der Waals surface area contributed by atoms with Gasteiger partial charge in [-0.15, -0.1) is 0 Å². The van der Waals surface area contributed by atoms with E-state index in [-0.39, 0.29) is 6.61 Å². The van der Waals surface area contributed by atoms with Crippen LogP contribution in [-0.2, 0) is 9.59 Å². The zero-order valence-electron chi connectivity index (χ0n) is 9.52. The minimum Gasteiger partial charge on any atom is -0.481 e. The molecule has 0 rings (SSSR count). The zero-order valence-corrected chi connectivity index (χ0v) is 9.52. The summed E-state index contributed by atoms with van der Waals surface area (Å²) >= 11 is 0. The van der Waals surface area contributed by atoms with Gasteiger partial charge in [-0.3, -0.25) is 9.59 Å². The average molecular weight is 224 g/mol. The van der Waals surface area contributed by atoms with Crippen molar-refractivity contribution in [3.05, 3.63) is 0 Å². The Hall–Kier alpha value is -1.14. The summed E-state index contributed by atoms with van der Waals surface area (Å²) in [7, 11) is 0. The minimum absolute atomic E-state index is 0.0590. The van der Waals surface area contributed by atoms with Crippen molar-refractivity contribution in [2.24, 2.45) is 0 Å². The standard InChI is InChI=1S/C5H12O2.2C2H4O2/c1-5(2,7)3-4-6;2*1-2(3)4/h6-7H,3-4H2,1-2H3;2*1H3,(H,3,4). The van der Waals surface area contributed by atoms with E-state index in [9.17, 15) is 0 Å². The summed E-state index contributed by atoms with van der Waals surface area (Å²) in [5.74, 6) is -1.67. The molecule has 0 atom stereocenters. The maximum Gasteiger partial charge on any atom is 0.300 e. The predicted octanol–water partition coefficient (Wildman–Crippen LogP) is 0.321. The van der Waals surface area contributed by atoms with Gasteiger partial charge in [0.05, 0.1) is 5.60 Å². The highest BCUT2D eigenvalue weighted by Crippen LogP contribution is 2.04. The number of aliphatic hydroxyl groups excluding tert-OH is 1. The van der Waals surface area contributed by atoms with E-state index in [1.165, 1.54) is 0 Å². The summed E-state index contributed by atoms with van der Waals surface area (Å²) in [5.41, 5.74) is -0.700. The van der Waals surface area contributed by atoms with Gasteiger partial charge in [-0.25, -0.2) is 0 Å². The Morgan fingerprint density at radius 1 is 1.07 bits per heavy atom. The van der Waals surface area contributed by atoms with E-state index in [1.54, 1.807) is 13.8 Å². The first kappa shape index (κ1) is 19.4. The van der Waals surface area contributed by atoms with Gasteiger partial charge in [-0.05, 0) is 20.3 Å². The van der Waals surface area contributed by atoms with Crippen LogP contribution >= 0.6 is 0 Å². The largest absolute Gasteiger partial charge is 0.481 e. The van der Waals surface area contributed by atoms with Gasteiger partial charge < -0.3 is 20.4 Å². The maximum atomic E-state index is 9.00. The molecule has 0 saturated heterocycles. The highest BCUT2D eigenvalue weighted by Gasteiger charge is 2.09. The number of carboxylic acids is 2. The monoisotopic (exact) mass is 224 g/mol. The van der Waals surface area contributed by atoms with Crippen LogP contribution in [0, 0.1) is 0 Å². The van der Waals surface area contributed by atoms with Gasteiger partial charge in [-0.2, -0.15) is 0 Å². The Kier molecular flexibility index (Phi) is 14.2. The lowest BCUT2D eigenvalue weighted by molar-refractivity contribution is -0.135. The molecule has 0 aliphatic rings. The first-order valence-electron chi connectivity index (χ1n) is 4.25. The highest BCUT2D eigenvalue weighted by molar-refractivity contribution is 5.63. The number of carbonyl (C=O) groups is 2. The first-order valence-corrected chi connectivity index (χ1v) is 4.25. The van der Waals surface area contributed by atoms with Gasteiger partial charge in [0.25, 0.3) is 11.9 Å². The maximum absolute atomic E-state index is 9.00. The van der Waals surface area contributed by atoms with Gasteiger partial charge in [-0.1, -0.05) is 0 Å². The van der Waals surface area contributed by atoms with Gasteiger partial charge in [0, 0.05) is 20.5 Å². The van der Waals surface area contributed by atoms with Gasteiger partial charge in [0.2, 0.25) is 0 Å². The van der Waals surface area contributed by atoms with Crippen LogP contribution in [0.2, 0.25) is 0 Å². The summed E-state index contributed by atoms with van der Waals surface area (Å²) in [6.45, 7) is 5.57. The van der Waals surface area contributed by atoms with Crippen molar-refractivity contribution in [3.8, 4) is 0 Å². The highest BCUT2D eigenvalue weighted by atomic mass is 16.4. The molecule has 0 heterocycles. The van der Waals surface area contributed by atoms with E-state index in [4.69, 9.17) is 30.0 Å². The third-order valence-electron chi connectivity index (χ3n) is 0.724. The van der Waals surface area contributed by atoms with Crippen LogP contribution in [-0.4, -0.2) is 44.6 Å². The van der Waals surface area contributed by atoms with Crippen LogP contribution < -0.4 is 0 Å². The Bertz CT molecular complexity index is 150. The van der Waals surface area contributed by atoms with E-state index in [0.717, 1.165) is 13.8 Å². The third-order valence-corrected chi connectivity index (χ3v) is 0.724. The summed E-state index contributed by atoms with van der Waals surface area (Å²) in [6.07, 6.45) is 0.451. The summed E-state index contributed by atoms with van der Waals surface area (Å²) in [4.78, 5) is 18.0. The second-order valence-electron chi connectivity index (χ2n) is 3.32. The second-order valence-corrected chi connectivity index (χ2v) is 3.32. The van der Waals surface area contributed by atoms with E-state index >= 15 is 0 Å². The molecule has 0 amide bonds. The molecule has 15 heavy (non-hydrogen) atoms. The fourth-order valence-electron chi connectivity index (χ4n) is 0.274. The van der Waals surface area contributed by atoms with E-state index in [0.29, 0.717) is 6.42 Å². The van der Waals surface area contributed by atoms with Crippen molar-refractivity contribution in [1.82, 2.24) is 0 Å². The smallest absolute Gasteiger partial charge is 0.300 e. The third kappa shape index (κ3) is 185. The van der Waals surface area contributed by atoms with Crippen molar-refractivity contribution >= 4 is 11.9 Å². The van der Waals surface area contributed by atoms with Crippen LogP contribution in [0.4, 0.5) is 0 Å². The van der Waals surface area contributed by atoms with E-state index in [2.05, 4.69) is 0 Å². The fourth-order valence-corrected chi connectivity index (χ4v) is 0.274. The molecule has 0 aromatic heterocycles. The molecule has 92 valence electrons. The SMILES string of the molecule is CC(=O)O.CC(=O)O.CC(C)(O)CCO. The molecular formula is C9H20O6. The van der Waals surface area contributed by atoms with Crippen molar-refractivity contribution in [2.45, 2.75) is 39.7 Å². The lowest BCUT2D eigenvalue weighted by Gasteiger charge is -2.13. The van der Waals surface area contributed by atoms with Crippen LogP contribution in [0.15, 0.2) is 0 Å². The summed E-state index contributed by atoms with van der Waals surface area (Å²) in [5, 5.41) is 31.9. The zero-order chi connectivity index (χ0) is 13.1. The second kappa shape index (κ2) is 10.9. The fraction of sp³-hybridized carbons (Fsp3) is 0.778. The number of carboxylic acid groups (broad SMARTS) is 2. The lowest BCUT2D eigenvalue weighted by Crippen LogP contribution is -2.19. The molecule has 0 bridgehead atoms. The molecular weight excluding hydrogens is 204 g/mol. The van der Waals surface area contributed by atoms with Gasteiger partial charge in [0.15, 0.2) is 0 Å². The molecule has 0 aromatic carbocycles. The Morgan fingerprint density at radius 3 is 1.27 bits per heavy atom. The summed E-state index contributed by atoms with van der Waals surface area (Å²) < 4.78 is 0. The van der Waals surface area contributed by atoms with Crippen LogP contribution in [0.1, 0.15) is 34.1 Å². The van der Waals surface area contributed by atoms with Crippen molar-refractivity contribution in [1.29, 1.82) is 0 Å². The Balaban J connectivity index is -0.000000155. The normalized spacial score (nSPS) is 8.93. The molecule has 4 N–H and O–H groups in total. The molecule has 0 aromatic rings. The molecule has 6 heteroatoms. The number of hydrogen-bond donors (Lipinski definition) is 4. The quantitative estimate of drug-likeness (QED) is 0.537. The van der Waals surface area contributed by atoms with E-state index in [1.807, 2.05) is 0 Å². The topological polar surface area (TPSA) is 115 Å². The lowest BCUT2D eigenvalue weighted by atomic mass is 10.1. The predicted molar refractivity (Wildman–Crippen MR) is 54.6 cm³/mol. The Morgan fingerprint density at radius 2 is 1.27 bits per heavy atom. The summed E-state index contributed by atoms with van der Waals surface area (Å²) in [6, 6.07) is 0. The molecule has 0 saturated carbocycles. The van der Waals surface area contributed by atoms with Crippen LogP contribution in [0.25, 0.3) is 0 Å². The number of rotatable bonds is 2. The van der Waals surface area contributed by atoms with Crippen molar-refractivity contribution in [3.63, 3.8) is 0 Å². The van der Waals surface area contributed by atoms with Crippen molar-refractivity contribution < 1.29 is 30.0 Å². The molecule has 0 spiro atoms. The average Bonchev–Trinajstić information content (AvgIpc) is 1.79. The molecule has 0 aliphatic heterocycles. The van der Waals surface area contributed by atoms with Crippen molar-refractivity contribution in [2.75, 3.05) is 6.61 Å². The molecule has 0 aliphatic carbocycles. The number of aliphatic hydroxyl groups is 2. The number of hydrogen-bond acceptors (Lipinski definition) is 4. The minimum atomic E-state index is -0.833. The molecule has 0 radical (unpaired) electrons. The van der Waals surface area contributed by atoms with Crippen LogP contribution in [0.5, 0.6) is 0 Å². The number of aliphatic carboxylic acids is 2. The van der Waals surface area contributed by atoms with E-state index < -0.39 is 17.5 Å². The molecule has 0 fully saturated rings. The van der Waals surface area contributed by atoms with Gasteiger partial charge >= 0.3 is 0 Å².